The zero-order valence-electron chi connectivity index (χ0n) is 10.2. The second-order valence-electron chi connectivity index (χ2n) is 4.03. The van der Waals surface area contributed by atoms with E-state index in [-0.39, 0.29) is 12.3 Å². The first-order valence-corrected chi connectivity index (χ1v) is 5.88. The number of carbonyl (C=O) groups is 2. The molecule has 0 bridgehead atoms. The molecule has 0 aromatic carbocycles. The fourth-order valence-corrected chi connectivity index (χ4v) is 1.58. The van der Waals surface area contributed by atoms with Crippen molar-refractivity contribution in [3.05, 3.63) is 0 Å². The molecule has 0 aromatic rings. The molecule has 1 unspecified atom stereocenters. The van der Waals surface area contributed by atoms with Crippen molar-refractivity contribution in [1.82, 2.24) is 5.32 Å². The van der Waals surface area contributed by atoms with Crippen LogP contribution in [-0.4, -0.2) is 41.3 Å². The number of hydrogen-bond acceptors (Lipinski definition) is 4. The summed E-state index contributed by atoms with van der Waals surface area (Å²) in [5.74, 6) is -1.18. The highest BCUT2D eigenvalue weighted by Gasteiger charge is 2.18. The lowest BCUT2D eigenvalue weighted by Gasteiger charge is -2.15. The van der Waals surface area contributed by atoms with E-state index in [9.17, 15) is 9.59 Å². The molecule has 1 amide bonds. The monoisotopic (exact) mass is 246 g/mol. The van der Waals surface area contributed by atoms with Crippen molar-refractivity contribution in [1.29, 1.82) is 0 Å². The van der Waals surface area contributed by atoms with E-state index in [4.69, 9.17) is 15.9 Å². The highest BCUT2D eigenvalue weighted by molar-refractivity contribution is 5.83. The number of nitrogens with two attached hydrogens (primary N) is 1. The van der Waals surface area contributed by atoms with E-state index in [1.54, 1.807) is 0 Å². The number of nitrogens with one attached hydrogen (secondary N) is 1. The highest BCUT2D eigenvalue weighted by atomic mass is 16.4. The van der Waals surface area contributed by atoms with E-state index in [0.29, 0.717) is 18.9 Å². The third-order valence-electron chi connectivity index (χ3n) is 2.75. The van der Waals surface area contributed by atoms with Crippen molar-refractivity contribution in [3.8, 4) is 0 Å². The average molecular weight is 246 g/mol. The number of hydrogen-bond donors (Lipinski definition) is 4. The van der Waals surface area contributed by atoms with Crippen LogP contribution in [-0.2, 0) is 9.59 Å². The lowest BCUT2D eigenvalue weighted by molar-refractivity contribution is -0.143. The van der Waals surface area contributed by atoms with Crippen LogP contribution in [0.2, 0.25) is 0 Å². The lowest BCUT2D eigenvalue weighted by Crippen LogP contribution is -2.43. The quantitative estimate of drug-likeness (QED) is 0.446. The molecule has 0 rings (SSSR count). The molecule has 6 heteroatoms. The summed E-state index contributed by atoms with van der Waals surface area (Å²) in [5.41, 5.74) is 5.44. The van der Waals surface area contributed by atoms with Crippen LogP contribution in [0.1, 0.15) is 32.6 Å². The van der Waals surface area contributed by atoms with E-state index in [2.05, 4.69) is 5.32 Å². The minimum Gasteiger partial charge on any atom is -0.480 e. The van der Waals surface area contributed by atoms with E-state index >= 15 is 0 Å². The van der Waals surface area contributed by atoms with Gasteiger partial charge >= 0.3 is 5.97 Å². The maximum Gasteiger partial charge on any atom is 0.328 e. The maximum absolute atomic E-state index is 11.4. The van der Waals surface area contributed by atoms with Crippen LogP contribution in [0.4, 0.5) is 0 Å². The van der Waals surface area contributed by atoms with Gasteiger partial charge in [-0.15, -0.1) is 0 Å². The van der Waals surface area contributed by atoms with Crippen molar-refractivity contribution < 1.29 is 19.8 Å². The van der Waals surface area contributed by atoms with E-state index in [1.807, 2.05) is 6.92 Å². The average Bonchev–Trinajstić information content (AvgIpc) is 2.30. The summed E-state index contributed by atoms with van der Waals surface area (Å²) in [7, 11) is 0. The molecule has 0 aliphatic rings. The molecule has 0 fully saturated rings. The number of aliphatic hydroxyl groups excluding tert-OH is 1. The minimum absolute atomic E-state index is 0.266. The van der Waals surface area contributed by atoms with Gasteiger partial charge in [0.25, 0.3) is 0 Å². The van der Waals surface area contributed by atoms with Gasteiger partial charge in [0, 0.05) is 6.42 Å². The Balaban J connectivity index is 3.96. The van der Waals surface area contributed by atoms with Crippen LogP contribution in [0.3, 0.4) is 0 Å². The predicted octanol–water partition coefficient (Wildman–Crippen LogP) is -0.297. The molecule has 100 valence electrons. The Morgan fingerprint density at radius 1 is 1.35 bits per heavy atom. The van der Waals surface area contributed by atoms with Crippen LogP contribution in [0.25, 0.3) is 0 Å². The molecule has 0 saturated carbocycles. The molecule has 5 N–H and O–H groups in total. The minimum atomic E-state index is -1.23. The molecule has 0 aromatic heterocycles. The molecule has 6 nitrogen and oxygen atoms in total. The van der Waals surface area contributed by atoms with Gasteiger partial charge in [-0.1, -0.05) is 13.3 Å². The van der Waals surface area contributed by atoms with Crippen LogP contribution in [0.5, 0.6) is 0 Å². The van der Waals surface area contributed by atoms with Crippen LogP contribution < -0.4 is 11.1 Å². The van der Waals surface area contributed by atoms with Crippen LogP contribution >= 0.6 is 0 Å². The largest absolute Gasteiger partial charge is 0.480 e. The van der Waals surface area contributed by atoms with E-state index in [0.717, 1.165) is 12.8 Å². The number of carboxylic acid groups (broad SMARTS) is 1. The number of aliphatic carboxylic acids is 1. The van der Waals surface area contributed by atoms with Gasteiger partial charge in [0.2, 0.25) is 5.91 Å². The number of aliphatic hydroxyl groups is 1. The summed E-state index contributed by atoms with van der Waals surface area (Å²) in [5, 5.41) is 19.6. The Bertz CT molecular complexity index is 246. The number of rotatable bonds is 9. The Morgan fingerprint density at radius 3 is 2.41 bits per heavy atom. The smallest absolute Gasteiger partial charge is 0.328 e. The predicted molar refractivity (Wildman–Crippen MR) is 63.3 cm³/mol. The van der Waals surface area contributed by atoms with Crippen molar-refractivity contribution in [2.75, 3.05) is 13.2 Å². The molecular weight excluding hydrogens is 224 g/mol. The molecule has 0 aliphatic carbocycles. The topological polar surface area (TPSA) is 113 Å². The molecule has 0 saturated heterocycles. The lowest BCUT2D eigenvalue weighted by atomic mass is 9.96. The van der Waals surface area contributed by atoms with Crippen LogP contribution in [0.15, 0.2) is 0 Å². The van der Waals surface area contributed by atoms with Gasteiger partial charge in [0.15, 0.2) is 0 Å². The molecule has 0 spiro atoms. The SMILES string of the molecule is CCC(CCN)CCC(=O)N[C@@H](CO)C(=O)O. The van der Waals surface area contributed by atoms with Gasteiger partial charge in [-0.05, 0) is 25.3 Å². The van der Waals surface area contributed by atoms with Crippen molar-refractivity contribution in [2.24, 2.45) is 11.7 Å². The van der Waals surface area contributed by atoms with Crippen molar-refractivity contribution in [2.45, 2.75) is 38.6 Å². The number of carbonyl (C=O) groups excluding carboxylic acids is 1. The van der Waals surface area contributed by atoms with Gasteiger partial charge in [0.05, 0.1) is 6.61 Å². The maximum atomic E-state index is 11.4. The third kappa shape index (κ3) is 6.91. The zero-order chi connectivity index (χ0) is 13.3. The molecular formula is C11H22N2O4. The summed E-state index contributed by atoms with van der Waals surface area (Å²) in [6.07, 6.45) is 2.78. The summed E-state index contributed by atoms with van der Waals surface area (Å²) in [6, 6.07) is -1.21. The second kappa shape index (κ2) is 8.95. The molecule has 0 aliphatic heterocycles. The van der Waals surface area contributed by atoms with Gasteiger partial charge in [-0.2, -0.15) is 0 Å². The molecule has 0 radical (unpaired) electrons. The summed E-state index contributed by atoms with van der Waals surface area (Å²) in [6.45, 7) is 2.03. The van der Waals surface area contributed by atoms with E-state index in [1.165, 1.54) is 0 Å². The van der Waals surface area contributed by atoms with Gasteiger partial charge in [0.1, 0.15) is 6.04 Å². The van der Waals surface area contributed by atoms with Gasteiger partial charge in [-0.25, -0.2) is 4.79 Å². The fourth-order valence-electron chi connectivity index (χ4n) is 1.58. The highest BCUT2D eigenvalue weighted by Crippen LogP contribution is 2.14. The first-order chi connectivity index (χ1) is 8.04. The van der Waals surface area contributed by atoms with Gasteiger partial charge in [-0.3, -0.25) is 4.79 Å². The summed E-state index contributed by atoms with van der Waals surface area (Å²) < 4.78 is 0. The first-order valence-electron chi connectivity index (χ1n) is 5.88. The fraction of sp³-hybridized carbons (Fsp3) is 0.818. The van der Waals surface area contributed by atoms with Crippen LogP contribution in [0, 0.1) is 5.92 Å². The standard InChI is InChI=1S/C11H22N2O4/c1-2-8(5-6-12)3-4-10(15)13-9(7-14)11(16)17/h8-9,14H,2-7,12H2,1H3,(H,13,15)(H,16,17)/t8?,9-/m0/s1. The summed E-state index contributed by atoms with van der Waals surface area (Å²) in [4.78, 5) is 22.0. The van der Waals surface area contributed by atoms with E-state index < -0.39 is 18.6 Å². The summed E-state index contributed by atoms with van der Waals surface area (Å²) >= 11 is 0. The Hall–Kier alpha value is -1.14. The van der Waals surface area contributed by atoms with Crippen molar-refractivity contribution >= 4 is 11.9 Å². The normalized spacial score (nSPS) is 14.1. The molecule has 2 atom stereocenters. The molecule has 17 heavy (non-hydrogen) atoms. The first kappa shape index (κ1) is 15.9. The Kier molecular flexibility index (Phi) is 8.35. The van der Waals surface area contributed by atoms with Gasteiger partial charge < -0.3 is 21.3 Å². The Morgan fingerprint density at radius 2 is 2.00 bits per heavy atom. The second-order valence-corrected chi connectivity index (χ2v) is 4.03. The third-order valence-corrected chi connectivity index (χ3v) is 2.75. The number of carboxylic acids is 1. The van der Waals surface area contributed by atoms with Crippen molar-refractivity contribution in [3.63, 3.8) is 0 Å². The Labute approximate surface area is 101 Å². The zero-order valence-corrected chi connectivity index (χ0v) is 10.2. The molecule has 0 heterocycles. The number of amides is 1.